The van der Waals surface area contributed by atoms with Crippen LogP contribution >= 0.6 is 0 Å². The van der Waals surface area contributed by atoms with Crippen molar-refractivity contribution in [1.82, 2.24) is 0 Å². The molecule has 0 amide bonds. The third kappa shape index (κ3) is 5.71. The lowest BCUT2D eigenvalue weighted by atomic mass is 10.1. The average Bonchev–Trinajstić information content (AvgIpc) is 2.26. The minimum Gasteiger partial charge on any atom is -0.417 e. The molecule has 1 atom stereocenters. The largest absolute Gasteiger partial charge is 0.417 e. The van der Waals surface area contributed by atoms with E-state index in [2.05, 4.69) is 4.18 Å². The average molecular weight is 321 g/mol. The fourth-order valence-electron chi connectivity index (χ4n) is 1.44. The second kappa shape index (κ2) is 7.75. The van der Waals surface area contributed by atoms with E-state index in [1.807, 2.05) is 6.92 Å². The van der Waals surface area contributed by atoms with Gasteiger partial charge in [0.05, 0.1) is 0 Å². The van der Waals surface area contributed by atoms with E-state index in [9.17, 15) is 8.42 Å². The van der Waals surface area contributed by atoms with Crippen LogP contribution in [0.3, 0.4) is 0 Å². The summed E-state index contributed by atoms with van der Waals surface area (Å²) in [6.45, 7) is 2.00. The predicted molar refractivity (Wildman–Crippen MR) is 71.7 cm³/mol. The molecule has 0 aliphatic heterocycles. The third-order valence-corrected chi connectivity index (χ3v) is 4.44. The van der Waals surface area contributed by atoms with Gasteiger partial charge in [0, 0.05) is 0 Å². The van der Waals surface area contributed by atoms with E-state index < -0.39 is 22.5 Å². The number of rotatable bonds is 9. The summed E-state index contributed by atoms with van der Waals surface area (Å²) < 4.78 is 50.4. The van der Waals surface area contributed by atoms with Crippen molar-refractivity contribution in [3.63, 3.8) is 0 Å². The van der Waals surface area contributed by atoms with Crippen molar-refractivity contribution in [2.24, 2.45) is 0 Å². The van der Waals surface area contributed by atoms with Crippen LogP contribution in [0.1, 0.15) is 26.2 Å². The zero-order valence-corrected chi connectivity index (χ0v) is 17.3. The molecule has 1 unspecified atom stereocenters. The maximum absolute atomic E-state index is 10.8. The summed E-state index contributed by atoms with van der Waals surface area (Å²) in [7, 11) is -3.89. The van der Waals surface area contributed by atoms with Gasteiger partial charge in [-0.2, -0.15) is 12.6 Å². The normalized spacial score (nSPS) is 18.2. The molecule has 0 aliphatic carbocycles. The Morgan fingerprint density at radius 2 is 1.82 bits per heavy atom. The van der Waals surface area contributed by atoms with Gasteiger partial charge in [0.1, 0.15) is 16.6 Å². The summed E-state index contributed by atoms with van der Waals surface area (Å²) in [5.74, 6) is -1.82. The fourth-order valence-corrected chi connectivity index (χ4v) is 4.11. The maximum Gasteiger partial charge on any atom is 0.401 e. The Labute approximate surface area is 111 Å². The van der Waals surface area contributed by atoms with E-state index in [1.165, 1.54) is 0 Å². The molecular formula is C6H20O7SSi3. The van der Waals surface area contributed by atoms with Gasteiger partial charge in [-0.05, 0) is 6.42 Å². The lowest BCUT2D eigenvalue weighted by Crippen LogP contribution is -2.51. The van der Waals surface area contributed by atoms with Crippen LogP contribution < -0.4 is 0 Å². The summed E-state index contributed by atoms with van der Waals surface area (Å²) in [5, 5.41) is 0. The molecule has 104 valence electrons. The summed E-state index contributed by atoms with van der Waals surface area (Å²) >= 11 is 0. The molecule has 0 rings (SSSR count). The summed E-state index contributed by atoms with van der Waals surface area (Å²) in [6.07, 6.45) is 1.64. The first-order valence-corrected chi connectivity index (χ1v) is 8.97. The molecule has 0 saturated heterocycles. The molecule has 0 aliphatic rings. The molecule has 0 aromatic carbocycles. The van der Waals surface area contributed by atoms with Crippen LogP contribution in [0.2, 0.25) is 0 Å². The van der Waals surface area contributed by atoms with Gasteiger partial charge < -0.3 is 13.3 Å². The van der Waals surface area contributed by atoms with Crippen molar-refractivity contribution < 1.29 is 30.4 Å². The Hall–Kier alpha value is 0.401. The van der Waals surface area contributed by atoms with Crippen molar-refractivity contribution in [3.05, 3.63) is 0 Å². The molecule has 0 aromatic rings. The first-order chi connectivity index (χ1) is 7.85. The Kier molecular flexibility index (Phi) is 7.93. The summed E-state index contributed by atoms with van der Waals surface area (Å²) in [4.78, 5) is 0. The topological polar surface area (TPSA) is 91.3 Å². The van der Waals surface area contributed by atoms with Crippen molar-refractivity contribution in [3.8, 4) is 0 Å². The van der Waals surface area contributed by atoms with Gasteiger partial charge >= 0.3 is 16.4 Å². The SMILES string of the molecule is CCCCC(O[SiH3])C(O[SiH3])(O[SiH3])OS(=O)(=O)O. The molecule has 11 heteroatoms. The van der Waals surface area contributed by atoms with E-state index in [1.54, 1.807) is 0 Å². The van der Waals surface area contributed by atoms with Crippen LogP contribution in [0.15, 0.2) is 0 Å². The van der Waals surface area contributed by atoms with Gasteiger partial charge in [-0.1, -0.05) is 19.8 Å². The monoisotopic (exact) mass is 320 g/mol. The highest BCUT2D eigenvalue weighted by Crippen LogP contribution is 2.26. The molecule has 0 bridgehead atoms. The van der Waals surface area contributed by atoms with Crippen molar-refractivity contribution >= 4 is 41.9 Å². The lowest BCUT2D eigenvalue weighted by Gasteiger charge is -2.36. The molecule has 7 nitrogen and oxygen atoms in total. The van der Waals surface area contributed by atoms with E-state index in [0.29, 0.717) is 16.9 Å². The Morgan fingerprint density at radius 3 is 2.12 bits per heavy atom. The molecular weight excluding hydrogens is 300 g/mol. The van der Waals surface area contributed by atoms with Crippen molar-refractivity contribution in [2.45, 2.75) is 38.3 Å². The zero-order valence-electron chi connectivity index (χ0n) is 10.5. The van der Waals surface area contributed by atoms with Crippen LogP contribution in [0.4, 0.5) is 0 Å². The van der Waals surface area contributed by atoms with Gasteiger partial charge in [0.2, 0.25) is 0 Å². The van der Waals surface area contributed by atoms with E-state index in [-0.39, 0.29) is 21.0 Å². The van der Waals surface area contributed by atoms with Gasteiger partial charge in [0.15, 0.2) is 21.0 Å². The molecule has 0 aromatic heterocycles. The minimum absolute atomic E-state index is 0.192. The molecule has 0 spiro atoms. The fraction of sp³-hybridized carbons (Fsp3) is 1.00. The minimum atomic E-state index is -4.66. The van der Waals surface area contributed by atoms with Crippen LogP contribution in [-0.2, 0) is 27.9 Å². The molecule has 0 saturated carbocycles. The van der Waals surface area contributed by atoms with Crippen molar-refractivity contribution in [2.75, 3.05) is 0 Å². The Morgan fingerprint density at radius 1 is 1.29 bits per heavy atom. The second-order valence-electron chi connectivity index (χ2n) is 3.39. The second-order valence-corrected chi connectivity index (χ2v) is 5.70. The standard InChI is InChI=1S/C6H20O7SSi3/c1-2-3-4-5(10-15)6(12-16,13-17)11-14(7,8)9/h5H,2-4H2,1,15-17H3,(H,7,8,9). The van der Waals surface area contributed by atoms with E-state index >= 15 is 0 Å². The van der Waals surface area contributed by atoms with Crippen LogP contribution in [0.25, 0.3) is 0 Å². The molecule has 0 radical (unpaired) electrons. The molecule has 0 heterocycles. The molecule has 1 N–H and O–H groups in total. The molecule has 17 heavy (non-hydrogen) atoms. The first kappa shape index (κ1) is 17.4. The van der Waals surface area contributed by atoms with E-state index in [4.69, 9.17) is 17.8 Å². The smallest absolute Gasteiger partial charge is 0.401 e. The van der Waals surface area contributed by atoms with Crippen LogP contribution in [-0.4, -0.2) is 56.5 Å². The van der Waals surface area contributed by atoms with Crippen LogP contribution in [0, 0.1) is 0 Å². The highest BCUT2D eigenvalue weighted by Gasteiger charge is 2.43. The van der Waals surface area contributed by atoms with Gasteiger partial charge in [0.25, 0.3) is 0 Å². The molecule has 0 fully saturated rings. The highest BCUT2D eigenvalue weighted by molar-refractivity contribution is 7.80. The first-order valence-electron chi connectivity index (χ1n) is 5.16. The van der Waals surface area contributed by atoms with Gasteiger partial charge in [-0.25, -0.2) is 0 Å². The van der Waals surface area contributed by atoms with Gasteiger partial charge in [-0.3, -0.25) is 4.55 Å². The highest BCUT2D eigenvalue weighted by atomic mass is 32.3. The number of hydrogen-bond donors (Lipinski definition) is 1. The number of hydrogen-bond acceptors (Lipinski definition) is 6. The summed E-state index contributed by atoms with van der Waals surface area (Å²) in [5.41, 5.74) is 0. The summed E-state index contributed by atoms with van der Waals surface area (Å²) in [6, 6.07) is 0. The Bertz CT molecular complexity index is 305. The Balaban J connectivity index is 4.99. The van der Waals surface area contributed by atoms with Crippen LogP contribution in [0.5, 0.6) is 0 Å². The van der Waals surface area contributed by atoms with Gasteiger partial charge in [-0.15, -0.1) is 0 Å². The quantitative estimate of drug-likeness (QED) is 0.273. The third-order valence-electron chi connectivity index (χ3n) is 2.29. The maximum atomic E-state index is 10.8. The lowest BCUT2D eigenvalue weighted by molar-refractivity contribution is -0.296. The zero-order chi connectivity index (χ0) is 13.5. The number of unbranched alkanes of at least 4 members (excludes halogenated alkanes) is 1. The van der Waals surface area contributed by atoms with E-state index in [0.717, 1.165) is 12.8 Å². The predicted octanol–water partition coefficient (Wildman–Crippen LogP) is -3.09. The van der Waals surface area contributed by atoms with Crippen molar-refractivity contribution in [1.29, 1.82) is 0 Å².